The van der Waals surface area contributed by atoms with Crippen LogP contribution in [-0.2, 0) is 4.79 Å². The Kier molecular flexibility index (Phi) is 3.81. The Balaban J connectivity index is 1.57. The summed E-state index contributed by atoms with van der Waals surface area (Å²) >= 11 is 0. The molecule has 4 heteroatoms. The maximum absolute atomic E-state index is 12.4. The summed E-state index contributed by atoms with van der Waals surface area (Å²) in [5.41, 5.74) is 6.33. The molecule has 0 aromatic heterocycles. The van der Waals surface area contributed by atoms with E-state index in [1.165, 1.54) is 19.3 Å². The molecule has 1 aliphatic heterocycles. The Labute approximate surface area is 119 Å². The number of piperidine rings is 1. The zero-order valence-corrected chi connectivity index (χ0v) is 11.8. The third-order valence-corrected chi connectivity index (χ3v) is 4.56. The van der Waals surface area contributed by atoms with Crippen molar-refractivity contribution in [1.29, 1.82) is 0 Å². The maximum Gasteiger partial charge on any atom is 0.260 e. The zero-order chi connectivity index (χ0) is 13.9. The van der Waals surface area contributed by atoms with Crippen LogP contribution in [0.25, 0.3) is 0 Å². The van der Waals surface area contributed by atoms with E-state index in [-0.39, 0.29) is 12.5 Å². The van der Waals surface area contributed by atoms with E-state index in [4.69, 9.17) is 10.5 Å². The van der Waals surface area contributed by atoms with Gasteiger partial charge in [0.1, 0.15) is 5.75 Å². The van der Waals surface area contributed by atoms with Crippen LogP contribution in [0.15, 0.2) is 24.3 Å². The van der Waals surface area contributed by atoms with Gasteiger partial charge in [0.15, 0.2) is 6.61 Å². The first-order valence-corrected chi connectivity index (χ1v) is 7.52. The quantitative estimate of drug-likeness (QED) is 0.861. The molecule has 3 rings (SSSR count). The maximum atomic E-state index is 12.4. The third-order valence-electron chi connectivity index (χ3n) is 4.56. The van der Waals surface area contributed by atoms with Crippen molar-refractivity contribution in [3.8, 4) is 5.75 Å². The van der Waals surface area contributed by atoms with Crippen molar-refractivity contribution in [2.24, 2.45) is 5.92 Å². The van der Waals surface area contributed by atoms with Crippen LogP contribution in [0.3, 0.4) is 0 Å². The van der Waals surface area contributed by atoms with Crippen molar-refractivity contribution in [3.05, 3.63) is 24.3 Å². The second-order valence-corrected chi connectivity index (χ2v) is 5.85. The van der Waals surface area contributed by atoms with Crippen molar-refractivity contribution in [2.45, 2.75) is 38.1 Å². The lowest BCUT2D eigenvalue weighted by Crippen LogP contribution is -2.47. The summed E-state index contributed by atoms with van der Waals surface area (Å²) in [6, 6.07) is 7.64. The van der Waals surface area contributed by atoms with Crippen LogP contribution >= 0.6 is 0 Å². The number of amides is 1. The van der Waals surface area contributed by atoms with Gasteiger partial charge >= 0.3 is 0 Å². The number of likely N-dealkylation sites (tertiary alicyclic amines) is 1. The van der Waals surface area contributed by atoms with E-state index in [1.54, 1.807) is 24.3 Å². The van der Waals surface area contributed by atoms with Gasteiger partial charge in [0.2, 0.25) is 0 Å². The molecule has 1 saturated carbocycles. The highest BCUT2D eigenvalue weighted by Crippen LogP contribution is 2.36. The molecule has 1 aromatic carbocycles. The monoisotopic (exact) mass is 274 g/mol. The van der Waals surface area contributed by atoms with E-state index in [9.17, 15) is 4.79 Å². The molecule has 0 spiro atoms. The van der Waals surface area contributed by atoms with Crippen LogP contribution in [0.1, 0.15) is 32.1 Å². The Morgan fingerprint density at radius 1 is 1.20 bits per heavy atom. The van der Waals surface area contributed by atoms with Gasteiger partial charge in [-0.25, -0.2) is 0 Å². The summed E-state index contributed by atoms with van der Waals surface area (Å²) in [6.45, 7) is 1.03. The fraction of sp³-hybridized carbons (Fsp3) is 0.562. The number of rotatable bonds is 3. The molecule has 20 heavy (non-hydrogen) atoms. The highest BCUT2D eigenvalue weighted by molar-refractivity contribution is 5.78. The van der Waals surface area contributed by atoms with Gasteiger partial charge in [-0.1, -0.05) is 6.42 Å². The molecule has 2 fully saturated rings. The molecular weight excluding hydrogens is 252 g/mol. The van der Waals surface area contributed by atoms with Crippen LogP contribution in [0, 0.1) is 5.92 Å². The molecule has 2 aliphatic rings. The first-order valence-electron chi connectivity index (χ1n) is 7.52. The molecule has 2 N–H and O–H groups in total. The zero-order valence-electron chi connectivity index (χ0n) is 11.8. The van der Waals surface area contributed by atoms with Crippen LogP contribution in [0.2, 0.25) is 0 Å². The lowest BCUT2D eigenvalue weighted by molar-refractivity contribution is -0.138. The van der Waals surface area contributed by atoms with E-state index in [2.05, 4.69) is 4.90 Å². The second-order valence-electron chi connectivity index (χ2n) is 5.85. The van der Waals surface area contributed by atoms with Gasteiger partial charge in [-0.2, -0.15) is 0 Å². The standard InChI is InChI=1S/C16H22N2O2/c17-13-6-8-14(9-7-13)20-11-16(19)18-10-2-4-12-3-1-5-15(12)18/h6-9,12,15H,1-5,10-11,17H2. The smallest absolute Gasteiger partial charge is 0.260 e. The van der Waals surface area contributed by atoms with Crippen molar-refractivity contribution in [3.63, 3.8) is 0 Å². The largest absolute Gasteiger partial charge is 0.484 e. The molecule has 2 atom stereocenters. The summed E-state index contributed by atoms with van der Waals surface area (Å²) < 4.78 is 5.58. The lowest BCUT2D eigenvalue weighted by Gasteiger charge is -2.37. The number of nitrogens with two attached hydrogens (primary N) is 1. The van der Waals surface area contributed by atoms with E-state index in [0.29, 0.717) is 17.5 Å². The van der Waals surface area contributed by atoms with Crippen molar-refractivity contribution in [2.75, 3.05) is 18.9 Å². The Morgan fingerprint density at radius 2 is 1.95 bits per heavy atom. The highest BCUT2D eigenvalue weighted by Gasteiger charge is 2.37. The topological polar surface area (TPSA) is 55.6 Å². The van der Waals surface area contributed by atoms with E-state index >= 15 is 0 Å². The molecule has 4 nitrogen and oxygen atoms in total. The van der Waals surface area contributed by atoms with Crippen LogP contribution in [0.4, 0.5) is 5.69 Å². The van der Waals surface area contributed by atoms with Gasteiger partial charge in [0.05, 0.1) is 0 Å². The molecule has 0 radical (unpaired) electrons. The SMILES string of the molecule is Nc1ccc(OCC(=O)N2CCCC3CCCC32)cc1. The van der Waals surface area contributed by atoms with Crippen LogP contribution in [0.5, 0.6) is 5.75 Å². The number of carbonyl (C=O) groups excluding carboxylic acids is 1. The predicted molar refractivity (Wildman–Crippen MR) is 78.4 cm³/mol. The third kappa shape index (κ3) is 2.74. The summed E-state index contributed by atoms with van der Waals surface area (Å²) in [7, 11) is 0. The molecular formula is C16H22N2O2. The van der Waals surface area contributed by atoms with Crippen molar-refractivity contribution >= 4 is 11.6 Å². The highest BCUT2D eigenvalue weighted by atomic mass is 16.5. The van der Waals surface area contributed by atoms with Crippen molar-refractivity contribution in [1.82, 2.24) is 4.90 Å². The van der Waals surface area contributed by atoms with E-state index < -0.39 is 0 Å². The van der Waals surface area contributed by atoms with E-state index in [1.807, 2.05) is 0 Å². The van der Waals surface area contributed by atoms with E-state index in [0.717, 1.165) is 25.3 Å². The second kappa shape index (κ2) is 5.73. The Hall–Kier alpha value is -1.71. The van der Waals surface area contributed by atoms with Gasteiger partial charge in [-0.3, -0.25) is 4.79 Å². The van der Waals surface area contributed by atoms with Gasteiger partial charge in [-0.15, -0.1) is 0 Å². The predicted octanol–water partition coefficient (Wildman–Crippen LogP) is 2.44. The number of fused-ring (bicyclic) bond motifs is 1. The lowest BCUT2D eigenvalue weighted by atomic mass is 9.92. The molecule has 108 valence electrons. The average molecular weight is 274 g/mol. The van der Waals surface area contributed by atoms with Gasteiger partial charge in [-0.05, 0) is 55.9 Å². The number of nitrogen functional groups attached to an aromatic ring is 1. The fourth-order valence-electron chi connectivity index (χ4n) is 3.56. The fourth-order valence-corrected chi connectivity index (χ4v) is 3.56. The number of hydrogen-bond acceptors (Lipinski definition) is 3. The van der Waals surface area contributed by atoms with Crippen LogP contribution in [-0.4, -0.2) is 30.0 Å². The minimum atomic E-state index is 0.124. The molecule has 2 unspecified atom stereocenters. The first kappa shape index (κ1) is 13.3. The first-order chi connectivity index (χ1) is 9.74. The molecule has 1 aliphatic carbocycles. The average Bonchev–Trinajstić information content (AvgIpc) is 2.94. The summed E-state index contributed by atoms with van der Waals surface area (Å²) in [5.74, 6) is 1.55. The summed E-state index contributed by atoms with van der Waals surface area (Å²) in [5, 5.41) is 0. The number of carbonyl (C=O) groups is 1. The number of anilines is 1. The van der Waals surface area contributed by atoms with Crippen molar-refractivity contribution < 1.29 is 9.53 Å². The number of benzene rings is 1. The molecule has 1 saturated heterocycles. The minimum Gasteiger partial charge on any atom is -0.484 e. The van der Waals surface area contributed by atoms with Gasteiger partial charge < -0.3 is 15.4 Å². The summed E-state index contributed by atoms with van der Waals surface area (Å²) in [4.78, 5) is 14.4. The number of ether oxygens (including phenoxy) is 1. The van der Waals surface area contributed by atoms with Gasteiger partial charge in [0.25, 0.3) is 5.91 Å². The molecule has 1 heterocycles. The summed E-state index contributed by atoms with van der Waals surface area (Å²) in [6.07, 6.45) is 6.13. The number of nitrogens with zero attached hydrogens (tertiary/aromatic N) is 1. The normalized spacial score (nSPS) is 25.3. The molecule has 0 bridgehead atoms. The Morgan fingerprint density at radius 3 is 2.75 bits per heavy atom. The van der Waals surface area contributed by atoms with Crippen LogP contribution < -0.4 is 10.5 Å². The molecule has 1 amide bonds. The number of hydrogen-bond donors (Lipinski definition) is 1. The molecule has 1 aromatic rings. The minimum absolute atomic E-state index is 0.124. The van der Waals surface area contributed by atoms with Gasteiger partial charge in [0, 0.05) is 18.3 Å². The Bertz CT molecular complexity index is 472.